The van der Waals surface area contributed by atoms with E-state index in [1.807, 2.05) is 19.9 Å². The van der Waals surface area contributed by atoms with Crippen LogP contribution in [-0.2, 0) is 17.9 Å². The maximum absolute atomic E-state index is 5.56. The summed E-state index contributed by atoms with van der Waals surface area (Å²) >= 11 is 0. The van der Waals surface area contributed by atoms with Crippen LogP contribution in [-0.4, -0.2) is 12.1 Å². The maximum Gasteiger partial charge on any atom is 0.123 e. The van der Waals surface area contributed by atoms with Crippen LogP contribution in [0.3, 0.4) is 0 Å². The Morgan fingerprint density at radius 1 is 1.53 bits per heavy atom. The summed E-state index contributed by atoms with van der Waals surface area (Å²) in [7, 11) is 0. The molecule has 0 amide bonds. The van der Waals surface area contributed by atoms with E-state index in [9.17, 15) is 0 Å². The summed E-state index contributed by atoms with van der Waals surface area (Å²) in [6, 6.07) is 2.71. The zero-order chi connectivity index (χ0) is 10.7. The van der Waals surface area contributed by atoms with Gasteiger partial charge in [-0.1, -0.05) is 0 Å². The van der Waals surface area contributed by atoms with Crippen molar-refractivity contribution in [2.45, 2.75) is 52.0 Å². The van der Waals surface area contributed by atoms with E-state index in [1.165, 1.54) is 12.8 Å². The van der Waals surface area contributed by atoms with Gasteiger partial charge in [0.05, 0.1) is 25.5 Å². The molecule has 0 unspecified atom stereocenters. The fourth-order valence-electron chi connectivity index (χ4n) is 1.43. The van der Waals surface area contributed by atoms with Gasteiger partial charge in [0.25, 0.3) is 0 Å². The summed E-state index contributed by atoms with van der Waals surface area (Å²) in [5.74, 6) is 1.02. The molecule has 3 heteroatoms. The smallest absolute Gasteiger partial charge is 0.123 e. The Kier molecular flexibility index (Phi) is 3.44. The van der Waals surface area contributed by atoms with Crippen molar-refractivity contribution in [1.82, 2.24) is 5.32 Å². The molecule has 1 fully saturated rings. The van der Waals surface area contributed by atoms with Crippen molar-refractivity contribution < 1.29 is 9.15 Å². The zero-order valence-electron chi connectivity index (χ0n) is 9.45. The van der Waals surface area contributed by atoms with Gasteiger partial charge in [-0.05, 0) is 32.8 Å². The Morgan fingerprint density at radius 2 is 2.33 bits per heavy atom. The lowest BCUT2D eigenvalue weighted by Gasteiger charge is -2.07. The Balaban J connectivity index is 1.83. The molecule has 15 heavy (non-hydrogen) atoms. The summed E-state index contributed by atoms with van der Waals surface area (Å²) < 4.78 is 11.0. The van der Waals surface area contributed by atoms with E-state index in [0.717, 1.165) is 17.9 Å². The molecule has 1 saturated carbocycles. The van der Waals surface area contributed by atoms with Crippen molar-refractivity contribution in [3.8, 4) is 0 Å². The number of nitrogens with one attached hydrogen (secondary N) is 1. The summed E-state index contributed by atoms with van der Waals surface area (Å²) in [5, 5.41) is 3.44. The fraction of sp³-hybridized carbons (Fsp3) is 0.667. The Labute approximate surface area is 90.8 Å². The number of rotatable bonds is 6. The first kappa shape index (κ1) is 10.7. The molecule has 1 aliphatic rings. The van der Waals surface area contributed by atoms with Crippen molar-refractivity contribution in [3.63, 3.8) is 0 Å². The first-order valence-electron chi connectivity index (χ1n) is 5.66. The first-order valence-corrected chi connectivity index (χ1v) is 5.66. The molecule has 0 aromatic carbocycles. The highest BCUT2D eigenvalue weighted by atomic mass is 16.5. The van der Waals surface area contributed by atoms with Gasteiger partial charge in [0.1, 0.15) is 5.76 Å². The van der Waals surface area contributed by atoms with Gasteiger partial charge in [0, 0.05) is 11.6 Å². The van der Waals surface area contributed by atoms with E-state index in [4.69, 9.17) is 9.15 Å². The third kappa shape index (κ3) is 3.36. The van der Waals surface area contributed by atoms with Crippen LogP contribution in [0.5, 0.6) is 0 Å². The van der Waals surface area contributed by atoms with Crippen molar-refractivity contribution in [2.75, 3.05) is 0 Å². The molecule has 1 N–H and O–H groups in total. The minimum Gasteiger partial charge on any atom is -0.468 e. The molecule has 1 aliphatic carbocycles. The third-order valence-electron chi connectivity index (χ3n) is 2.54. The first-order chi connectivity index (χ1) is 7.25. The SMILES string of the molecule is CC(C)OCc1ccoc1CNC1CC1. The summed E-state index contributed by atoms with van der Waals surface area (Å²) in [6.07, 6.45) is 4.61. The predicted octanol–water partition coefficient (Wildman–Crippen LogP) is 2.46. The van der Waals surface area contributed by atoms with Gasteiger partial charge in [-0.15, -0.1) is 0 Å². The van der Waals surface area contributed by atoms with Crippen molar-refractivity contribution in [2.24, 2.45) is 0 Å². The van der Waals surface area contributed by atoms with Gasteiger partial charge in [-0.2, -0.15) is 0 Å². The molecule has 2 rings (SSSR count). The van der Waals surface area contributed by atoms with Crippen LogP contribution < -0.4 is 5.32 Å². The lowest BCUT2D eigenvalue weighted by atomic mass is 10.2. The Hall–Kier alpha value is -0.800. The highest BCUT2D eigenvalue weighted by Crippen LogP contribution is 2.20. The van der Waals surface area contributed by atoms with E-state index in [2.05, 4.69) is 5.32 Å². The van der Waals surface area contributed by atoms with Crippen LogP contribution in [0, 0.1) is 0 Å². The van der Waals surface area contributed by atoms with Crippen LogP contribution in [0.1, 0.15) is 38.0 Å². The van der Waals surface area contributed by atoms with E-state index >= 15 is 0 Å². The Morgan fingerprint density at radius 3 is 3.00 bits per heavy atom. The number of furan rings is 1. The highest BCUT2D eigenvalue weighted by molar-refractivity contribution is 5.16. The summed E-state index contributed by atoms with van der Waals surface area (Å²) in [6.45, 7) is 5.56. The van der Waals surface area contributed by atoms with Crippen molar-refractivity contribution >= 4 is 0 Å². The van der Waals surface area contributed by atoms with Crippen LogP contribution >= 0.6 is 0 Å². The lowest BCUT2D eigenvalue weighted by Crippen LogP contribution is -2.16. The Bertz CT molecular complexity index is 282. The van der Waals surface area contributed by atoms with E-state index in [0.29, 0.717) is 12.6 Å². The molecule has 3 nitrogen and oxygen atoms in total. The summed E-state index contributed by atoms with van der Waals surface area (Å²) in [4.78, 5) is 0. The quantitative estimate of drug-likeness (QED) is 0.781. The summed E-state index contributed by atoms with van der Waals surface area (Å²) in [5.41, 5.74) is 1.16. The molecule has 0 aliphatic heterocycles. The molecular weight excluding hydrogens is 190 g/mol. The average molecular weight is 209 g/mol. The molecule has 0 bridgehead atoms. The second kappa shape index (κ2) is 4.81. The molecule has 84 valence electrons. The lowest BCUT2D eigenvalue weighted by molar-refractivity contribution is 0.0647. The van der Waals surface area contributed by atoms with Crippen LogP contribution in [0.2, 0.25) is 0 Å². The standard InChI is InChI=1S/C12H19NO2/c1-9(2)15-8-10-5-6-14-12(10)7-13-11-3-4-11/h5-6,9,11,13H,3-4,7-8H2,1-2H3. The zero-order valence-corrected chi connectivity index (χ0v) is 9.45. The number of hydrogen-bond donors (Lipinski definition) is 1. The molecule has 0 spiro atoms. The van der Waals surface area contributed by atoms with Crippen LogP contribution in [0.25, 0.3) is 0 Å². The van der Waals surface area contributed by atoms with Gasteiger partial charge in [-0.3, -0.25) is 0 Å². The fourth-order valence-corrected chi connectivity index (χ4v) is 1.43. The van der Waals surface area contributed by atoms with E-state index in [-0.39, 0.29) is 6.10 Å². The van der Waals surface area contributed by atoms with Gasteiger partial charge in [0.15, 0.2) is 0 Å². The molecule has 0 saturated heterocycles. The van der Waals surface area contributed by atoms with Crippen LogP contribution in [0.15, 0.2) is 16.7 Å². The topological polar surface area (TPSA) is 34.4 Å². The second-order valence-electron chi connectivity index (χ2n) is 4.38. The molecular formula is C12H19NO2. The molecule has 1 aromatic heterocycles. The minimum atomic E-state index is 0.268. The van der Waals surface area contributed by atoms with Crippen molar-refractivity contribution in [1.29, 1.82) is 0 Å². The van der Waals surface area contributed by atoms with Gasteiger partial charge in [0.2, 0.25) is 0 Å². The maximum atomic E-state index is 5.56. The van der Waals surface area contributed by atoms with Gasteiger partial charge < -0.3 is 14.5 Å². The molecule has 1 aromatic rings. The second-order valence-corrected chi connectivity index (χ2v) is 4.38. The van der Waals surface area contributed by atoms with Crippen molar-refractivity contribution in [3.05, 3.63) is 23.7 Å². The van der Waals surface area contributed by atoms with Crippen LogP contribution in [0.4, 0.5) is 0 Å². The normalized spacial score (nSPS) is 16.2. The van der Waals surface area contributed by atoms with Gasteiger partial charge >= 0.3 is 0 Å². The van der Waals surface area contributed by atoms with E-state index < -0.39 is 0 Å². The third-order valence-corrected chi connectivity index (χ3v) is 2.54. The number of hydrogen-bond acceptors (Lipinski definition) is 3. The highest BCUT2D eigenvalue weighted by Gasteiger charge is 2.21. The van der Waals surface area contributed by atoms with E-state index in [1.54, 1.807) is 6.26 Å². The molecule has 1 heterocycles. The average Bonchev–Trinajstić information content (AvgIpc) is 2.92. The largest absolute Gasteiger partial charge is 0.468 e. The number of ether oxygens (including phenoxy) is 1. The van der Waals surface area contributed by atoms with Gasteiger partial charge in [-0.25, -0.2) is 0 Å². The molecule has 0 radical (unpaired) electrons. The monoisotopic (exact) mass is 209 g/mol. The minimum absolute atomic E-state index is 0.268. The predicted molar refractivity (Wildman–Crippen MR) is 58.5 cm³/mol. The molecule has 0 atom stereocenters.